The van der Waals surface area contributed by atoms with Crippen LogP contribution in [0.25, 0.3) is 21.9 Å². The van der Waals surface area contributed by atoms with Crippen molar-refractivity contribution in [1.29, 1.82) is 0 Å². The number of aromatic nitrogens is 3. The van der Waals surface area contributed by atoms with E-state index in [4.69, 9.17) is 9.47 Å². The van der Waals surface area contributed by atoms with Crippen molar-refractivity contribution in [3.05, 3.63) is 64.7 Å². The normalized spacial score (nSPS) is 11.2. The molecule has 0 unspecified atom stereocenters. The van der Waals surface area contributed by atoms with Crippen LogP contribution in [0, 0.1) is 0 Å². The number of methoxy groups -OCH3 is 1. The molecule has 0 spiro atoms. The van der Waals surface area contributed by atoms with Crippen LogP contribution in [0.15, 0.2) is 53.6 Å². The summed E-state index contributed by atoms with van der Waals surface area (Å²) in [7, 11) is 1.63. The second kappa shape index (κ2) is 6.55. The summed E-state index contributed by atoms with van der Waals surface area (Å²) in [6.45, 7) is 2.98. The van der Waals surface area contributed by atoms with E-state index in [1.165, 1.54) is 0 Å². The molecule has 6 nitrogen and oxygen atoms in total. The van der Waals surface area contributed by atoms with Gasteiger partial charge in [-0.1, -0.05) is 12.1 Å². The maximum atomic E-state index is 12.9. The molecule has 0 amide bonds. The van der Waals surface area contributed by atoms with Crippen molar-refractivity contribution >= 4 is 21.9 Å². The van der Waals surface area contributed by atoms with Gasteiger partial charge < -0.3 is 14.5 Å². The van der Waals surface area contributed by atoms with E-state index in [0.717, 1.165) is 28.0 Å². The Balaban J connectivity index is 1.76. The smallest absolute Gasteiger partial charge is 0.277 e. The highest BCUT2D eigenvalue weighted by atomic mass is 16.5. The van der Waals surface area contributed by atoms with E-state index in [-0.39, 0.29) is 5.56 Å². The molecule has 2 heterocycles. The second-order valence-corrected chi connectivity index (χ2v) is 6.01. The summed E-state index contributed by atoms with van der Waals surface area (Å²) >= 11 is 0. The van der Waals surface area contributed by atoms with E-state index in [0.29, 0.717) is 24.2 Å². The van der Waals surface area contributed by atoms with Crippen molar-refractivity contribution in [2.75, 3.05) is 13.7 Å². The molecule has 4 rings (SSSR count). The van der Waals surface area contributed by atoms with Gasteiger partial charge in [0.05, 0.1) is 26.6 Å². The lowest BCUT2D eigenvalue weighted by Crippen LogP contribution is -2.21. The van der Waals surface area contributed by atoms with E-state index >= 15 is 0 Å². The van der Waals surface area contributed by atoms with Gasteiger partial charge in [-0.2, -0.15) is 0 Å². The number of benzene rings is 2. The van der Waals surface area contributed by atoms with Crippen molar-refractivity contribution in [1.82, 2.24) is 14.5 Å². The zero-order valence-electron chi connectivity index (χ0n) is 14.7. The third-order valence-corrected chi connectivity index (χ3v) is 4.37. The molecule has 0 bridgehead atoms. The number of rotatable bonds is 5. The van der Waals surface area contributed by atoms with Gasteiger partial charge in [-0.05, 0) is 42.8 Å². The Kier molecular flexibility index (Phi) is 4.08. The van der Waals surface area contributed by atoms with Gasteiger partial charge in [-0.3, -0.25) is 9.36 Å². The average Bonchev–Trinajstić information content (AvgIpc) is 3.04. The van der Waals surface area contributed by atoms with Gasteiger partial charge in [0, 0.05) is 10.9 Å². The lowest BCUT2D eigenvalue weighted by Gasteiger charge is -2.06. The number of nitrogens with one attached hydrogen (secondary N) is 1. The van der Waals surface area contributed by atoms with Crippen LogP contribution in [0.3, 0.4) is 0 Å². The monoisotopic (exact) mass is 349 g/mol. The Morgan fingerprint density at radius 1 is 1.12 bits per heavy atom. The first-order valence-electron chi connectivity index (χ1n) is 8.46. The number of hydrogen-bond donors (Lipinski definition) is 1. The molecule has 26 heavy (non-hydrogen) atoms. The van der Waals surface area contributed by atoms with Crippen LogP contribution in [0.4, 0.5) is 0 Å². The number of ether oxygens (including phenoxy) is 2. The quantitative estimate of drug-likeness (QED) is 0.600. The number of fused-ring (bicyclic) bond motifs is 3. The van der Waals surface area contributed by atoms with E-state index in [1.807, 2.05) is 49.4 Å². The van der Waals surface area contributed by atoms with Crippen LogP contribution in [0.5, 0.6) is 11.5 Å². The molecule has 132 valence electrons. The molecule has 0 fully saturated rings. The molecule has 0 saturated heterocycles. The van der Waals surface area contributed by atoms with Crippen molar-refractivity contribution in [3.8, 4) is 11.5 Å². The van der Waals surface area contributed by atoms with Crippen molar-refractivity contribution < 1.29 is 9.47 Å². The fraction of sp³-hybridized carbons (Fsp3) is 0.200. The van der Waals surface area contributed by atoms with Crippen molar-refractivity contribution in [2.45, 2.75) is 13.5 Å². The minimum absolute atomic E-state index is 0.0972. The van der Waals surface area contributed by atoms with Gasteiger partial charge in [-0.15, -0.1) is 0 Å². The summed E-state index contributed by atoms with van der Waals surface area (Å²) in [5.74, 6) is 1.56. The number of aromatic amines is 1. The third-order valence-electron chi connectivity index (χ3n) is 4.37. The lowest BCUT2D eigenvalue weighted by molar-refractivity contribution is 0.341. The van der Waals surface area contributed by atoms with Crippen molar-refractivity contribution in [2.24, 2.45) is 0 Å². The van der Waals surface area contributed by atoms with Crippen LogP contribution in [0.1, 0.15) is 12.5 Å². The van der Waals surface area contributed by atoms with E-state index < -0.39 is 0 Å². The summed E-state index contributed by atoms with van der Waals surface area (Å²) in [6, 6.07) is 13.4. The highest BCUT2D eigenvalue weighted by Gasteiger charge is 2.12. The van der Waals surface area contributed by atoms with Crippen molar-refractivity contribution in [3.63, 3.8) is 0 Å². The van der Waals surface area contributed by atoms with Gasteiger partial charge in [0.15, 0.2) is 0 Å². The molecule has 0 aliphatic rings. The zero-order chi connectivity index (χ0) is 18.1. The summed E-state index contributed by atoms with van der Waals surface area (Å²) < 4.78 is 12.3. The molecular formula is C20H19N3O3. The molecule has 0 saturated carbocycles. The maximum absolute atomic E-state index is 12.9. The molecule has 4 aromatic rings. The molecule has 2 aromatic carbocycles. The summed E-state index contributed by atoms with van der Waals surface area (Å²) in [5.41, 5.74) is 2.95. The number of H-pyrrole nitrogens is 1. The Labute approximate surface area is 150 Å². The molecule has 0 aliphatic heterocycles. The van der Waals surface area contributed by atoms with Crippen LogP contribution in [-0.2, 0) is 6.54 Å². The molecule has 2 aromatic heterocycles. The predicted molar refractivity (Wildman–Crippen MR) is 101 cm³/mol. The highest BCUT2D eigenvalue weighted by molar-refractivity contribution is 6.04. The maximum Gasteiger partial charge on any atom is 0.277 e. The molecule has 1 N–H and O–H groups in total. The highest BCUT2D eigenvalue weighted by Crippen LogP contribution is 2.26. The van der Waals surface area contributed by atoms with Crippen LogP contribution in [-0.4, -0.2) is 28.3 Å². The minimum atomic E-state index is -0.0972. The SMILES string of the molecule is CCOc1ccc2[nH]c3c(=O)n(Cc4ccc(OC)cc4)cnc3c2c1. The first-order chi connectivity index (χ1) is 12.7. The van der Waals surface area contributed by atoms with Crippen LogP contribution >= 0.6 is 0 Å². The molecule has 0 atom stereocenters. The standard InChI is InChI=1S/C20H19N3O3/c1-3-26-15-8-9-17-16(10-15)18-19(22-17)20(24)23(12-21-18)11-13-4-6-14(25-2)7-5-13/h4-10,12,22H,3,11H2,1-2H3. The van der Waals surface area contributed by atoms with E-state index in [9.17, 15) is 4.79 Å². The van der Waals surface area contributed by atoms with Gasteiger partial charge in [0.25, 0.3) is 5.56 Å². The Hall–Kier alpha value is -3.28. The molecular weight excluding hydrogens is 330 g/mol. The number of hydrogen-bond acceptors (Lipinski definition) is 4. The lowest BCUT2D eigenvalue weighted by atomic mass is 10.2. The second-order valence-electron chi connectivity index (χ2n) is 6.01. The first-order valence-corrected chi connectivity index (χ1v) is 8.46. The summed E-state index contributed by atoms with van der Waals surface area (Å²) in [5, 5.41) is 0.889. The molecule has 6 heteroatoms. The summed E-state index contributed by atoms with van der Waals surface area (Å²) in [4.78, 5) is 20.6. The average molecular weight is 349 g/mol. The Morgan fingerprint density at radius 3 is 2.62 bits per heavy atom. The fourth-order valence-corrected chi connectivity index (χ4v) is 3.07. The van der Waals surface area contributed by atoms with Gasteiger partial charge in [0.1, 0.15) is 22.5 Å². The fourth-order valence-electron chi connectivity index (χ4n) is 3.07. The van der Waals surface area contributed by atoms with E-state index in [2.05, 4.69) is 9.97 Å². The largest absolute Gasteiger partial charge is 0.497 e. The third kappa shape index (κ3) is 2.79. The van der Waals surface area contributed by atoms with Gasteiger partial charge in [-0.25, -0.2) is 4.98 Å². The van der Waals surface area contributed by atoms with Crippen LogP contribution < -0.4 is 15.0 Å². The van der Waals surface area contributed by atoms with Crippen LogP contribution in [0.2, 0.25) is 0 Å². The molecule has 0 aliphatic carbocycles. The van der Waals surface area contributed by atoms with E-state index in [1.54, 1.807) is 18.0 Å². The minimum Gasteiger partial charge on any atom is -0.497 e. The zero-order valence-corrected chi connectivity index (χ0v) is 14.7. The predicted octanol–water partition coefficient (Wildman–Crippen LogP) is 3.33. The Morgan fingerprint density at radius 2 is 1.88 bits per heavy atom. The number of nitrogens with zero attached hydrogens (tertiary/aromatic N) is 2. The van der Waals surface area contributed by atoms with Gasteiger partial charge in [0.2, 0.25) is 0 Å². The molecule has 0 radical (unpaired) electrons. The first kappa shape index (κ1) is 16.2. The summed E-state index contributed by atoms with van der Waals surface area (Å²) in [6.07, 6.45) is 1.59. The van der Waals surface area contributed by atoms with Gasteiger partial charge >= 0.3 is 0 Å². The topological polar surface area (TPSA) is 69.1 Å². The Bertz CT molecular complexity index is 1130.